The molecule has 1 unspecified atom stereocenters. The first-order chi connectivity index (χ1) is 13.1. The van der Waals surface area contributed by atoms with Crippen LogP contribution in [0.2, 0.25) is 0 Å². The number of nitrogens with one attached hydrogen (secondary N) is 1. The molecule has 1 aliphatic heterocycles. The molecule has 140 valence electrons. The van der Waals surface area contributed by atoms with Crippen molar-refractivity contribution in [2.24, 2.45) is 0 Å². The summed E-state index contributed by atoms with van der Waals surface area (Å²) in [4.78, 5) is 21.1. The van der Waals surface area contributed by atoms with E-state index in [2.05, 4.69) is 22.1 Å². The molecule has 5 nitrogen and oxygen atoms in total. The van der Waals surface area contributed by atoms with Crippen LogP contribution >= 0.6 is 11.3 Å². The van der Waals surface area contributed by atoms with Crippen LogP contribution in [0.4, 0.5) is 15.2 Å². The average Bonchev–Trinajstić information content (AvgIpc) is 3.06. The van der Waals surface area contributed by atoms with Crippen LogP contribution in [0.15, 0.2) is 48.5 Å². The number of amides is 1. The third-order valence-corrected chi connectivity index (χ3v) is 5.80. The molecule has 0 aliphatic carbocycles. The molecule has 1 saturated heterocycles. The maximum Gasteiger partial charge on any atom is 0.240 e. The Kier molecular flexibility index (Phi) is 5.05. The minimum atomic E-state index is -0.202. The van der Waals surface area contributed by atoms with Crippen LogP contribution in [0.1, 0.15) is 6.92 Å². The quantitative estimate of drug-likeness (QED) is 0.747. The summed E-state index contributed by atoms with van der Waals surface area (Å²) >= 11 is 1.48. The van der Waals surface area contributed by atoms with Gasteiger partial charge in [0.25, 0.3) is 0 Å². The maximum atomic E-state index is 14.0. The second-order valence-corrected chi connectivity index (χ2v) is 7.78. The Morgan fingerprint density at radius 3 is 2.78 bits per heavy atom. The summed E-state index contributed by atoms with van der Waals surface area (Å²) < 4.78 is 15.1. The minimum Gasteiger partial charge on any atom is -0.366 e. The van der Waals surface area contributed by atoms with Crippen LogP contribution in [0, 0.1) is 5.82 Å². The van der Waals surface area contributed by atoms with Gasteiger partial charge in [0.1, 0.15) is 5.82 Å². The maximum absolute atomic E-state index is 14.0. The third-order valence-electron chi connectivity index (χ3n) is 4.85. The number of hydrogen-bond acceptors (Lipinski definition) is 5. The molecule has 0 spiro atoms. The number of benzene rings is 2. The van der Waals surface area contributed by atoms with Crippen molar-refractivity contribution in [3.63, 3.8) is 0 Å². The van der Waals surface area contributed by atoms with Crippen LogP contribution in [0.3, 0.4) is 0 Å². The SMILES string of the molecule is CC1CN(c2ccccc2F)CCN1CC(=O)Nc1nc2ccccc2s1. The summed E-state index contributed by atoms with van der Waals surface area (Å²) in [5.41, 5.74) is 1.52. The number of rotatable bonds is 4. The minimum absolute atomic E-state index is 0.0692. The second-order valence-electron chi connectivity index (χ2n) is 6.75. The lowest BCUT2D eigenvalue weighted by Crippen LogP contribution is -2.54. The van der Waals surface area contributed by atoms with Crippen molar-refractivity contribution < 1.29 is 9.18 Å². The summed E-state index contributed by atoms with van der Waals surface area (Å²) in [6.45, 7) is 4.47. The Morgan fingerprint density at radius 1 is 1.22 bits per heavy atom. The lowest BCUT2D eigenvalue weighted by Gasteiger charge is -2.40. The molecule has 2 aromatic carbocycles. The molecule has 1 aliphatic rings. The Bertz CT molecular complexity index is 927. The Labute approximate surface area is 161 Å². The summed E-state index contributed by atoms with van der Waals surface area (Å²) in [5, 5.41) is 3.53. The molecule has 0 radical (unpaired) electrons. The Hall–Kier alpha value is -2.51. The van der Waals surface area contributed by atoms with E-state index < -0.39 is 0 Å². The van der Waals surface area contributed by atoms with E-state index >= 15 is 0 Å². The monoisotopic (exact) mass is 384 g/mol. The first-order valence-electron chi connectivity index (χ1n) is 8.99. The van der Waals surface area contributed by atoms with Crippen LogP contribution in [-0.2, 0) is 4.79 Å². The fraction of sp³-hybridized carbons (Fsp3) is 0.300. The first kappa shape index (κ1) is 17.9. The van der Waals surface area contributed by atoms with E-state index in [0.717, 1.165) is 10.2 Å². The number of thiazole rings is 1. The first-order valence-corrected chi connectivity index (χ1v) is 9.81. The zero-order chi connectivity index (χ0) is 18.8. The predicted molar refractivity (Wildman–Crippen MR) is 108 cm³/mol. The van der Waals surface area contributed by atoms with Crippen molar-refractivity contribution in [3.05, 3.63) is 54.3 Å². The van der Waals surface area contributed by atoms with Crippen molar-refractivity contribution in [3.8, 4) is 0 Å². The number of anilines is 2. The lowest BCUT2D eigenvalue weighted by molar-refractivity contribution is -0.117. The Balaban J connectivity index is 1.36. The molecular formula is C20H21FN4OS. The molecule has 3 aromatic rings. The van der Waals surface area contributed by atoms with Gasteiger partial charge in [0.2, 0.25) is 5.91 Å². The number of aromatic nitrogens is 1. The fourth-order valence-electron chi connectivity index (χ4n) is 3.43. The molecule has 1 atom stereocenters. The molecule has 0 saturated carbocycles. The highest BCUT2D eigenvalue weighted by atomic mass is 32.1. The number of carbonyl (C=O) groups is 1. The number of fused-ring (bicyclic) bond motifs is 1. The van der Waals surface area contributed by atoms with Gasteiger partial charge in [0, 0.05) is 25.7 Å². The van der Waals surface area contributed by atoms with Gasteiger partial charge in [-0.15, -0.1) is 0 Å². The zero-order valence-corrected chi connectivity index (χ0v) is 15.9. The van der Waals surface area contributed by atoms with Crippen molar-refractivity contribution in [1.29, 1.82) is 0 Å². The molecule has 7 heteroatoms. The lowest BCUT2D eigenvalue weighted by atomic mass is 10.1. The summed E-state index contributed by atoms with van der Waals surface area (Å²) in [7, 11) is 0. The van der Waals surface area contributed by atoms with Gasteiger partial charge >= 0.3 is 0 Å². The largest absolute Gasteiger partial charge is 0.366 e. The third kappa shape index (κ3) is 3.94. The summed E-state index contributed by atoms with van der Waals surface area (Å²) in [6.07, 6.45) is 0. The van der Waals surface area contributed by atoms with E-state index in [1.54, 1.807) is 12.1 Å². The molecule has 0 bridgehead atoms. The van der Waals surface area contributed by atoms with Gasteiger partial charge in [-0.05, 0) is 31.2 Å². The van der Waals surface area contributed by atoms with E-state index in [-0.39, 0.29) is 17.8 Å². The highest BCUT2D eigenvalue weighted by Gasteiger charge is 2.26. The highest BCUT2D eigenvalue weighted by Crippen LogP contribution is 2.26. The van der Waals surface area contributed by atoms with Gasteiger partial charge < -0.3 is 10.2 Å². The average molecular weight is 384 g/mol. The van der Waals surface area contributed by atoms with Gasteiger partial charge in [-0.1, -0.05) is 35.6 Å². The van der Waals surface area contributed by atoms with Crippen LogP contribution in [0.25, 0.3) is 10.2 Å². The van der Waals surface area contributed by atoms with Gasteiger partial charge in [-0.25, -0.2) is 9.37 Å². The standard InChI is InChI=1S/C20H21FN4OS/c1-14-12-25(17-8-4-2-6-15(17)21)11-10-24(14)13-19(26)23-20-22-16-7-3-5-9-18(16)27-20/h2-9,14H,10-13H2,1H3,(H,22,23,26). The summed E-state index contributed by atoms with van der Waals surface area (Å²) in [6, 6.07) is 14.8. The summed E-state index contributed by atoms with van der Waals surface area (Å²) in [5.74, 6) is -0.271. The molecule has 1 aromatic heterocycles. The normalized spacial score (nSPS) is 18.0. The molecule has 2 heterocycles. The molecule has 1 fully saturated rings. The molecule has 1 N–H and O–H groups in total. The van der Waals surface area contributed by atoms with E-state index in [0.29, 0.717) is 37.0 Å². The van der Waals surface area contributed by atoms with Crippen molar-refractivity contribution in [2.45, 2.75) is 13.0 Å². The fourth-order valence-corrected chi connectivity index (χ4v) is 4.31. The van der Waals surface area contributed by atoms with Crippen molar-refractivity contribution in [1.82, 2.24) is 9.88 Å². The smallest absolute Gasteiger partial charge is 0.240 e. The molecule has 27 heavy (non-hydrogen) atoms. The van der Waals surface area contributed by atoms with Crippen LogP contribution < -0.4 is 10.2 Å². The number of para-hydroxylation sites is 2. The molecular weight excluding hydrogens is 363 g/mol. The molecule has 1 amide bonds. The van der Waals surface area contributed by atoms with Crippen molar-refractivity contribution in [2.75, 3.05) is 36.4 Å². The van der Waals surface area contributed by atoms with Crippen molar-refractivity contribution >= 4 is 38.3 Å². The molecule has 4 rings (SSSR count). The number of hydrogen-bond donors (Lipinski definition) is 1. The predicted octanol–water partition coefficient (Wildman–Crippen LogP) is 3.58. The van der Waals surface area contributed by atoms with E-state index in [9.17, 15) is 9.18 Å². The van der Waals surface area contributed by atoms with E-state index in [1.165, 1.54) is 17.4 Å². The van der Waals surface area contributed by atoms with Gasteiger partial charge in [0.15, 0.2) is 5.13 Å². The van der Waals surface area contributed by atoms with Gasteiger partial charge in [-0.3, -0.25) is 9.69 Å². The number of nitrogens with zero attached hydrogens (tertiary/aromatic N) is 3. The number of halogens is 1. The van der Waals surface area contributed by atoms with E-state index in [1.807, 2.05) is 35.2 Å². The van der Waals surface area contributed by atoms with Crippen LogP contribution in [0.5, 0.6) is 0 Å². The van der Waals surface area contributed by atoms with Gasteiger partial charge in [-0.2, -0.15) is 0 Å². The second kappa shape index (κ2) is 7.62. The van der Waals surface area contributed by atoms with Gasteiger partial charge in [0.05, 0.1) is 22.4 Å². The van der Waals surface area contributed by atoms with E-state index in [4.69, 9.17) is 0 Å². The highest BCUT2D eigenvalue weighted by molar-refractivity contribution is 7.22. The van der Waals surface area contributed by atoms with Crippen LogP contribution in [-0.4, -0.2) is 48.0 Å². The topological polar surface area (TPSA) is 48.5 Å². The number of piperazine rings is 1. The number of carbonyl (C=O) groups excluding carboxylic acids is 1. The zero-order valence-electron chi connectivity index (χ0n) is 15.1. The Morgan fingerprint density at radius 2 is 2.00 bits per heavy atom.